The summed E-state index contributed by atoms with van der Waals surface area (Å²) in [5, 5.41) is 5.04. The second-order valence-corrected chi connectivity index (χ2v) is 10.8. The quantitative estimate of drug-likeness (QED) is 0.315. The van der Waals surface area contributed by atoms with E-state index in [4.69, 9.17) is 9.84 Å². The molecule has 6 rings (SSSR count). The summed E-state index contributed by atoms with van der Waals surface area (Å²) in [6.45, 7) is 2.40. The van der Waals surface area contributed by atoms with Crippen molar-refractivity contribution in [2.45, 2.75) is 32.0 Å². The fraction of sp³-hybridized carbons (Fsp3) is 0.290. The van der Waals surface area contributed by atoms with Crippen molar-refractivity contribution >= 4 is 24.4 Å². The predicted molar refractivity (Wildman–Crippen MR) is 156 cm³/mol. The number of nitrogens with zero attached hydrogens (tertiary/aromatic N) is 5. The molecule has 0 N–H and O–H groups in total. The number of rotatable bonds is 8. The minimum Gasteiger partial charge on any atom is -0.489 e. The highest BCUT2D eigenvalue weighted by Crippen LogP contribution is 2.35. The molecule has 0 unspecified atom stereocenters. The van der Waals surface area contributed by atoms with Crippen molar-refractivity contribution in [1.29, 1.82) is 0 Å². The van der Waals surface area contributed by atoms with Crippen molar-refractivity contribution in [3.05, 3.63) is 89.9 Å². The number of ether oxygens (including phenoxy) is 1. The van der Waals surface area contributed by atoms with Crippen LogP contribution in [0.1, 0.15) is 40.4 Å². The van der Waals surface area contributed by atoms with Gasteiger partial charge in [0.05, 0.1) is 6.04 Å². The Morgan fingerprint density at radius 1 is 1.07 bits per heavy atom. The summed E-state index contributed by atoms with van der Waals surface area (Å²) in [6.07, 6.45) is 6.96. The van der Waals surface area contributed by atoms with E-state index in [1.54, 1.807) is 17.3 Å². The van der Waals surface area contributed by atoms with Gasteiger partial charge in [0, 0.05) is 68.4 Å². The van der Waals surface area contributed by atoms with Gasteiger partial charge in [-0.25, -0.2) is 0 Å². The Labute approximate surface area is 239 Å². The van der Waals surface area contributed by atoms with Crippen LogP contribution in [0.15, 0.2) is 73.2 Å². The van der Waals surface area contributed by atoms with E-state index in [1.165, 1.54) is 0 Å². The maximum Gasteiger partial charge on any atom is 0.254 e. The second kappa shape index (κ2) is 11.2. The molecular formula is C31H31N5O3S. The minimum absolute atomic E-state index is 0.0641. The van der Waals surface area contributed by atoms with Crippen LogP contribution in [-0.2, 0) is 17.9 Å². The Morgan fingerprint density at radius 2 is 1.93 bits per heavy atom. The van der Waals surface area contributed by atoms with Gasteiger partial charge < -0.3 is 14.5 Å². The lowest BCUT2D eigenvalue weighted by Gasteiger charge is -2.16. The van der Waals surface area contributed by atoms with Gasteiger partial charge in [-0.2, -0.15) is 17.7 Å². The molecular weight excluding hydrogens is 522 g/mol. The summed E-state index contributed by atoms with van der Waals surface area (Å²) in [5.41, 5.74) is 6.67. The third-order valence-corrected chi connectivity index (χ3v) is 7.83. The molecule has 0 bridgehead atoms. The molecule has 2 amide bonds. The van der Waals surface area contributed by atoms with E-state index in [9.17, 15) is 9.59 Å². The van der Waals surface area contributed by atoms with Crippen LogP contribution in [0, 0.1) is 0 Å². The maximum absolute atomic E-state index is 12.4. The van der Waals surface area contributed by atoms with E-state index >= 15 is 0 Å². The molecule has 2 aromatic carbocycles. The van der Waals surface area contributed by atoms with Crippen LogP contribution in [0.3, 0.4) is 0 Å². The molecule has 0 spiro atoms. The molecule has 9 heteroatoms. The molecule has 0 saturated carbocycles. The van der Waals surface area contributed by atoms with E-state index in [0.717, 1.165) is 57.8 Å². The van der Waals surface area contributed by atoms with Gasteiger partial charge in [0.25, 0.3) is 5.91 Å². The monoisotopic (exact) mass is 553 g/mol. The number of benzene rings is 2. The minimum atomic E-state index is 0.0641. The van der Waals surface area contributed by atoms with Crippen LogP contribution < -0.4 is 4.74 Å². The number of hydrogen-bond acceptors (Lipinski definition) is 6. The second-order valence-electron chi connectivity index (χ2n) is 10.3. The average molecular weight is 554 g/mol. The van der Waals surface area contributed by atoms with Gasteiger partial charge in [0.15, 0.2) is 0 Å². The third-order valence-electron chi connectivity index (χ3n) is 7.61. The van der Waals surface area contributed by atoms with Gasteiger partial charge in [-0.1, -0.05) is 18.2 Å². The zero-order valence-electron chi connectivity index (χ0n) is 22.4. The van der Waals surface area contributed by atoms with Crippen LogP contribution in [-0.4, -0.2) is 62.3 Å². The van der Waals surface area contributed by atoms with Crippen molar-refractivity contribution in [2.24, 2.45) is 0 Å². The first kappa shape index (κ1) is 26.1. The smallest absolute Gasteiger partial charge is 0.254 e. The van der Waals surface area contributed by atoms with Crippen molar-refractivity contribution < 1.29 is 14.3 Å². The SMILES string of the molecule is CN1Cc2cc(COc3cccc(-c4nn([C@H]5CCN(C(=O)CCS)C5)cc4-c4ccncc4)c3)ccc2C1=O. The number of carbonyl (C=O) groups is 2. The standard InChI is InChI=1S/C31H31N5O3S/c1-34-17-24-15-21(5-6-27(24)31(34)38)20-39-26-4-2-3-23(16-26)30-28(22-7-11-32-12-8-22)19-36(33-30)25-9-13-35(18-25)29(37)10-14-40/h2-8,11-12,15-16,19,25,40H,9-10,13-14,17-18,20H2,1H3/t25-/m0/s1. The molecule has 40 heavy (non-hydrogen) atoms. The van der Waals surface area contributed by atoms with Gasteiger partial charge in [0.1, 0.15) is 18.1 Å². The lowest BCUT2D eigenvalue weighted by atomic mass is 10.0. The van der Waals surface area contributed by atoms with Crippen LogP contribution in [0.5, 0.6) is 5.75 Å². The van der Waals surface area contributed by atoms with Crippen molar-refractivity contribution in [2.75, 3.05) is 25.9 Å². The van der Waals surface area contributed by atoms with Crippen molar-refractivity contribution in [3.8, 4) is 28.1 Å². The average Bonchev–Trinajstić information content (AvgIpc) is 3.71. The van der Waals surface area contributed by atoms with Crippen LogP contribution in [0.4, 0.5) is 0 Å². The molecule has 1 fully saturated rings. The third kappa shape index (κ3) is 5.21. The van der Waals surface area contributed by atoms with E-state index < -0.39 is 0 Å². The lowest BCUT2D eigenvalue weighted by Crippen LogP contribution is -2.29. The molecule has 1 atom stereocenters. The van der Waals surface area contributed by atoms with Crippen molar-refractivity contribution in [3.63, 3.8) is 0 Å². The van der Waals surface area contributed by atoms with Gasteiger partial charge in [-0.15, -0.1) is 0 Å². The summed E-state index contributed by atoms with van der Waals surface area (Å²) in [5.74, 6) is 1.51. The molecule has 204 valence electrons. The zero-order chi connectivity index (χ0) is 27.6. The number of fused-ring (bicyclic) bond motifs is 1. The number of thiol groups is 1. The fourth-order valence-corrected chi connectivity index (χ4v) is 5.67. The van der Waals surface area contributed by atoms with Gasteiger partial charge >= 0.3 is 0 Å². The largest absolute Gasteiger partial charge is 0.489 e. The Kier molecular flexibility index (Phi) is 7.30. The first-order valence-electron chi connectivity index (χ1n) is 13.5. The summed E-state index contributed by atoms with van der Waals surface area (Å²) in [7, 11) is 1.82. The summed E-state index contributed by atoms with van der Waals surface area (Å²) >= 11 is 4.21. The molecule has 2 aliphatic heterocycles. The molecule has 8 nitrogen and oxygen atoms in total. The van der Waals surface area contributed by atoms with Crippen molar-refractivity contribution in [1.82, 2.24) is 24.6 Å². The Bertz CT molecular complexity index is 1550. The molecule has 0 radical (unpaired) electrons. The van der Waals surface area contributed by atoms with Crippen LogP contribution >= 0.6 is 12.6 Å². The Hall–Kier alpha value is -4.11. The fourth-order valence-electron chi connectivity index (χ4n) is 5.48. The highest BCUT2D eigenvalue weighted by Gasteiger charge is 2.29. The number of carbonyl (C=O) groups excluding carboxylic acids is 2. The van der Waals surface area contributed by atoms with E-state index in [0.29, 0.717) is 31.9 Å². The molecule has 0 aliphatic carbocycles. The highest BCUT2D eigenvalue weighted by molar-refractivity contribution is 7.80. The maximum atomic E-state index is 12.4. The summed E-state index contributed by atoms with van der Waals surface area (Å²) < 4.78 is 8.20. The number of aromatic nitrogens is 3. The van der Waals surface area contributed by atoms with E-state index in [-0.39, 0.29) is 17.9 Å². The Balaban J connectivity index is 1.25. The van der Waals surface area contributed by atoms with Gasteiger partial charge in [0.2, 0.25) is 5.91 Å². The summed E-state index contributed by atoms with van der Waals surface area (Å²) in [4.78, 5) is 32.5. The number of amides is 2. The molecule has 4 heterocycles. The van der Waals surface area contributed by atoms with E-state index in [1.807, 2.05) is 65.2 Å². The van der Waals surface area contributed by atoms with Gasteiger partial charge in [-0.05, 0) is 65.3 Å². The molecule has 1 saturated heterocycles. The predicted octanol–water partition coefficient (Wildman–Crippen LogP) is 4.87. The first-order valence-corrected chi connectivity index (χ1v) is 14.1. The molecule has 2 aliphatic rings. The highest BCUT2D eigenvalue weighted by atomic mass is 32.1. The number of pyridine rings is 1. The lowest BCUT2D eigenvalue weighted by molar-refractivity contribution is -0.129. The topological polar surface area (TPSA) is 80.6 Å². The summed E-state index contributed by atoms with van der Waals surface area (Å²) in [6, 6.07) is 17.9. The van der Waals surface area contributed by atoms with Crippen LogP contribution in [0.25, 0.3) is 22.4 Å². The first-order chi connectivity index (χ1) is 19.5. The Morgan fingerprint density at radius 3 is 2.75 bits per heavy atom. The number of likely N-dealkylation sites (tertiary alicyclic amines) is 1. The van der Waals surface area contributed by atoms with Crippen LogP contribution in [0.2, 0.25) is 0 Å². The van der Waals surface area contributed by atoms with E-state index in [2.05, 4.69) is 29.9 Å². The number of hydrogen-bond donors (Lipinski definition) is 1. The van der Waals surface area contributed by atoms with Gasteiger partial charge in [-0.3, -0.25) is 19.3 Å². The zero-order valence-corrected chi connectivity index (χ0v) is 23.3. The molecule has 2 aromatic heterocycles. The molecule has 4 aromatic rings. The normalized spacial score (nSPS) is 16.4.